The van der Waals surface area contributed by atoms with Crippen LogP contribution in [-0.4, -0.2) is 34.0 Å². The first-order valence-corrected chi connectivity index (χ1v) is 9.34. The van der Waals surface area contributed by atoms with E-state index in [1.54, 1.807) is 41.7 Å². The zero-order valence-corrected chi connectivity index (χ0v) is 17.0. The minimum Gasteiger partial charge on any atom is -0.347 e. The van der Waals surface area contributed by atoms with Crippen LogP contribution in [-0.2, 0) is 6.42 Å². The van der Waals surface area contributed by atoms with Gasteiger partial charge in [0.2, 0.25) is 0 Å². The number of amides is 2. The molecular weight excluding hydrogens is 409 g/mol. The third kappa shape index (κ3) is 4.37. The van der Waals surface area contributed by atoms with Crippen molar-refractivity contribution in [1.29, 1.82) is 5.26 Å². The van der Waals surface area contributed by atoms with E-state index in [4.69, 9.17) is 16.9 Å². The van der Waals surface area contributed by atoms with Crippen LogP contribution in [0, 0.1) is 11.3 Å². The molecule has 29 heavy (non-hydrogen) atoms. The second kappa shape index (κ2) is 8.99. The van der Waals surface area contributed by atoms with Gasteiger partial charge in [-0.15, -0.1) is 12.4 Å². The molecule has 6 nitrogen and oxygen atoms in total. The van der Waals surface area contributed by atoms with Crippen LogP contribution in [0.4, 0.5) is 10.5 Å². The van der Waals surface area contributed by atoms with Crippen LogP contribution in [0.15, 0.2) is 61.1 Å². The van der Waals surface area contributed by atoms with Crippen LogP contribution in [0.5, 0.6) is 0 Å². The molecule has 4 rings (SSSR count). The van der Waals surface area contributed by atoms with Gasteiger partial charge in [-0.2, -0.15) is 5.26 Å². The van der Waals surface area contributed by atoms with Gasteiger partial charge in [-0.3, -0.25) is 4.90 Å². The Hall–Kier alpha value is -3.01. The summed E-state index contributed by atoms with van der Waals surface area (Å²) in [5, 5.41) is 9.60. The standard InChI is InChI=1S/C21H18ClN5O.ClH/c22-17-2-1-3-18(11-17)26-8-9-27(21(26)28)20(19-13-24-14-25-19)10-15-4-6-16(12-23)7-5-15;/h1-7,11,13-14,20H,8-10H2,(H,24,25);1H. The predicted octanol–water partition coefficient (Wildman–Crippen LogP) is 4.58. The largest absolute Gasteiger partial charge is 0.347 e. The third-order valence-electron chi connectivity index (χ3n) is 4.93. The summed E-state index contributed by atoms with van der Waals surface area (Å²) in [7, 11) is 0. The van der Waals surface area contributed by atoms with Crippen molar-refractivity contribution in [2.75, 3.05) is 18.0 Å². The van der Waals surface area contributed by atoms with E-state index in [1.807, 2.05) is 29.2 Å². The number of aromatic nitrogens is 2. The summed E-state index contributed by atoms with van der Waals surface area (Å²) in [5.74, 6) is 0. The molecule has 2 aromatic carbocycles. The molecule has 0 radical (unpaired) electrons. The van der Waals surface area contributed by atoms with Gasteiger partial charge in [0.05, 0.1) is 35.9 Å². The lowest BCUT2D eigenvalue weighted by Crippen LogP contribution is -2.35. The summed E-state index contributed by atoms with van der Waals surface area (Å²) >= 11 is 6.10. The second-order valence-corrected chi connectivity index (χ2v) is 7.08. The highest BCUT2D eigenvalue weighted by Crippen LogP contribution is 2.31. The van der Waals surface area contributed by atoms with Gasteiger partial charge >= 0.3 is 6.03 Å². The summed E-state index contributed by atoms with van der Waals surface area (Å²) in [6.45, 7) is 1.20. The van der Waals surface area contributed by atoms with Crippen molar-refractivity contribution < 1.29 is 4.79 Å². The quantitative estimate of drug-likeness (QED) is 0.646. The molecule has 0 spiro atoms. The number of nitrogens with one attached hydrogen (secondary N) is 1. The topological polar surface area (TPSA) is 76.0 Å². The van der Waals surface area contributed by atoms with Crippen LogP contribution in [0.2, 0.25) is 5.02 Å². The first kappa shape index (κ1) is 20.7. The number of H-pyrrole nitrogens is 1. The Balaban J connectivity index is 0.00000240. The molecule has 148 valence electrons. The van der Waals surface area contributed by atoms with Crippen LogP contribution >= 0.6 is 24.0 Å². The fraction of sp³-hybridized carbons (Fsp3) is 0.190. The minimum atomic E-state index is -0.174. The first-order valence-electron chi connectivity index (χ1n) is 8.97. The number of nitriles is 1. The molecule has 0 saturated carbocycles. The fourth-order valence-corrected chi connectivity index (χ4v) is 3.69. The molecule has 0 aliphatic carbocycles. The highest BCUT2D eigenvalue weighted by Gasteiger charge is 2.36. The lowest BCUT2D eigenvalue weighted by atomic mass is 10.0. The summed E-state index contributed by atoms with van der Waals surface area (Å²) in [6, 6.07) is 16.7. The molecule has 1 N–H and O–H groups in total. The summed E-state index contributed by atoms with van der Waals surface area (Å²) in [6.07, 6.45) is 4.00. The summed E-state index contributed by atoms with van der Waals surface area (Å²) < 4.78 is 0. The minimum absolute atomic E-state index is 0. The molecule has 1 saturated heterocycles. The molecule has 1 unspecified atom stereocenters. The molecule has 2 heterocycles. The SMILES string of the molecule is Cl.N#Cc1ccc(CC(c2cnc[nH]2)N2CCN(c3cccc(Cl)c3)C2=O)cc1. The average Bonchev–Trinajstić information content (AvgIpc) is 3.37. The van der Waals surface area contributed by atoms with Crippen molar-refractivity contribution in [3.63, 3.8) is 0 Å². The third-order valence-corrected chi connectivity index (χ3v) is 5.16. The number of halogens is 2. The smallest absolute Gasteiger partial charge is 0.325 e. The van der Waals surface area contributed by atoms with Crippen LogP contribution in [0.1, 0.15) is 22.9 Å². The normalized spacial score (nSPS) is 14.4. The number of rotatable bonds is 5. The van der Waals surface area contributed by atoms with Gasteiger partial charge in [-0.05, 0) is 42.3 Å². The van der Waals surface area contributed by atoms with Gasteiger partial charge in [-0.25, -0.2) is 9.78 Å². The zero-order valence-electron chi connectivity index (χ0n) is 15.5. The van der Waals surface area contributed by atoms with E-state index in [0.29, 0.717) is 30.1 Å². The van der Waals surface area contributed by atoms with Crippen molar-refractivity contribution in [2.24, 2.45) is 0 Å². The average molecular weight is 428 g/mol. The zero-order chi connectivity index (χ0) is 19.5. The van der Waals surface area contributed by atoms with Crippen LogP contribution in [0.25, 0.3) is 0 Å². The number of benzene rings is 2. The number of nitrogens with zero attached hydrogens (tertiary/aromatic N) is 4. The second-order valence-electron chi connectivity index (χ2n) is 6.64. The predicted molar refractivity (Wildman–Crippen MR) is 114 cm³/mol. The summed E-state index contributed by atoms with van der Waals surface area (Å²) in [4.78, 5) is 24.0. The summed E-state index contributed by atoms with van der Waals surface area (Å²) in [5.41, 5.74) is 3.34. The van der Waals surface area contributed by atoms with E-state index in [0.717, 1.165) is 16.9 Å². The molecular formula is C21H19Cl2N5O. The van der Waals surface area contributed by atoms with Crippen LogP contribution in [0.3, 0.4) is 0 Å². The molecule has 1 atom stereocenters. The molecule has 1 aromatic heterocycles. The Morgan fingerprint density at radius 1 is 1.21 bits per heavy atom. The van der Waals surface area contributed by atoms with Crippen LogP contribution < -0.4 is 4.90 Å². The van der Waals surface area contributed by atoms with Gasteiger partial charge in [0.25, 0.3) is 0 Å². The maximum Gasteiger partial charge on any atom is 0.325 e. The monoisotopic (exact) mass is 427 g/mol. The van der Waals surface area contributed by atoms with E-state index in [1.165, 1.54) is 0 Å². The molecule has 1 aliphatic rings. The lowest BCUT2D eigenvalue weighted by Gasteiger charge is -2.27. The van der Waals surface area contributed by atoms with Gasteiger partial charge < -0.3 is 9.88 Å². The van der Waals surface area contributed by atoms with Gasteiger partial charge in [0.15, 0.2) is 0 Å². The molecule has 0 bridgehead atoms. The molecule has 1 aliphatic heterocycles. The van der Waals surface area contributed by atoms with Crippen molar-refractivity contribution in [3.05, 3.63) is 82.9 Å². The van der Waals surface area contributed by atoms with E-state index >= 15 is 0 Å². The van der Waals surface area contributed by atoms with Crippen molar-refractivity contribution in [2.45, 2.75) is 12.5 Å². The van der Waals surface area contributed by atoms with Crippen molar-refractivity contribution >= 4 is 35.7 Å². The molecule has 1 fully saturated rings. The van der Waals surface area contributed by atoms with Crippen molar-refractivity contribution in [1.82, 2.24) is 14.9 Å². The van der Waals surface area contributed by atoms with E-state index in [9.17, 15) is 4.79 Å². The Morgan fingerprint density at radius 3 is 2.66 bits per heavy atom. The van der Waals surface area contributed by atoms with E-state index < -0.39 is 0 Å². The van der Waals surface area contributed by atoms with E-state index in [-0.39, 0.29) is 24.5 Å². The maximum absolute atomic E-state index is 13.2. The van der Waals surface area contributed by atoms with E-state index in [2.05, 4.69) is 16.0 Å². The van der Waals surface area contributed by atoms with Gasteiger partial charge in [-0.1, -0.05) is 29.8 Å². The number of hydrogen-bond acceptors (Lipinski definition) is 3. The van der Waals surface area contributed by atoms with Crippen molar-refractivity contribution in [3.8, 4) is 6.07 Å². The number of carbonyl (C=O) groups is 1. The Kier molecular flexibility index (Phi) is 6.42. The fourth-order valence-electron chi connectivity index (χ4n) is 3.50. The molecule has 8 heteroatoms. The Labute approximate surface area is 180 Å². The Bertz CT molecular complexity index is 1010. The number of carbonyl (C=O) groups excluding carboxylic acids is 1. The lowest BCUT2D eigenvalue weighted by molar-refractivity contribution is 0.199. The number of aromatic amines is 1. The van der Waals surface area contributed by atoms with Gasteiger partial charge in [0.1, 0.15) is 0 Å². The number of imidazole rings is 1. The maximum atomic E-state index is 13.2. The number of urea groups is 1. The molecule has 3 aromatic rings. The highest BCUT2D eigenvalue weighted by atomic mass is 35.5. The Morgan fingerprint density at radius 2 is 2.00 bits per heavy atom. The first-order chi connectivity index (χ1) is 13.7. The highest BCUT2D eigenvalue weighted by molar-refractivity contribution is 6.30. The van der Waals surface area contributed by atoms with Gasteiger partial charge in [0, 0.05) is 23.8 Å². The molecule has 2 amide bonds. The number of anilines is 1. The number of hydrogen-bond donors (Lipinski definition) is 1.